The molecule has 6 nitrogen and oxygen atoms in total. The Morgan fingerprint density at radius 2 is 2.11 bits per heavy atom. The van der Waals surface area contributed by atoms with E-state index in [0.29, 0.717) is 12.1 Å². The summed E-state index contributed by atoms with van der Waals surface area (Å²) in [5, 5.41) is 17.9. The third kappa shape index (κ3) is 2.73. The molecule has 0 fully saturated rings. The first-order chi connectivity index (χ1) is 8.66. The van der Waals surface area contributed by atoms with Gasteiger partial charge in [-0.15, -0.1) is 0 Å². The normalized spacial score (nSPS) is 10.0. The van der Waals surface area contributed by atoms with E-state index < -0.39 is 5.97 Å². The van der Waals surface area contributed by atoms with Gasteiger partial charge in [-0.05, 0) is 18.2 Å². The first-order valence-electron chi connectivity index (χ1n) is 5.26. The van der Waals surface area contributed by atoms with E-state index in [2.05, 4.69) is 15.5 Å². The Hall–Kier alpha value is -2.63. The monoisotopic (exact) mass is 245 g/mol. The number of hydrogen-bond donors (Lipinski definition) is 3. The van der Waals surface area contributed by atoms with E-state index >= 15 is 0 Å². The minimum Gasteiger partial charge on any atom is -0.478 e. The number of carbonyl (C=O) groups is 2. The SMILES string of the molecule is O=C(O)c1cccc(C(=O)NCc2cn[nH]c2)c1. The maximum absolute atomic E-state index is 11.8. The molecule has 1 aromatic carbocycles. The van der Waals surface area contributed by atoms with Crippen molar-refractivity contribution in [2.45, 2.75) is 6.54 Å². The lowest BCUT2D eigenvalue weighted by atomic mass is 10.1. The molecule has 92 valence electrons. The van der Waals surface area contributed by atoms with Gasteiger partial charge in [0.1, 0.15) is 0 Å². The fraction of sp³-hybridized carbons (Fsp3) is 0.0833. The molecule has 0 spiro atoms. The molecule has 0 unspecified atom stereocenters. The number of carboxylic acids is 1. The van der Waals surface area contributed by atoms with E-state index in [1.807, 2.05) is 0 Å². The van der Waals surface area contributed by atoms with Crippen LogP contribution in [0.3, 0.4) is 0 Å². The summed E-state index contributed by atoms with van der Waals surface area (Å²) >= 11 is 0. The van der Waals surface area contributed by atoms with Crippen molar-refractivity contribution in [2.24, 2.45) is 0 Å². The van der Waals surface area contributed by atoms with Gasteiger partial charge in [-0.2, -0.15) is 5.10 Å². The maximum atomic E-state index is 11.8. The second-order valence-corrected chi connectivity index (χ2v) is 3.68. The molecule has 0 aliphatic heterocycles. The Kier molecular flexibility index (Phi) is 3.38. The van der Waals surface area contributed by atoms with Crippen LogP contribution in [-0.4, -0.2) is 27.2 Å². The minimum atomic E-state index is -1.06. The number of rotatable bonds is 4. The molecule has 1 amide bonds. The summed E-state index contributed by atoms with van der Waals surface area (Å²) in [6.45, 7) is 0.340. The number of carboxylic acid groups (broad SMARTS) is 1. The molecule has 0 atom stereocenters. The van der Waals surface area contributed by atoms with Crippen LogP contribution in [0.5, 0.6) is 0 Å². The highest BCUT2D eigenvalue weighted by Gasteiger charge is 2.09. The van der Waals surface area contributed by atoms with Crippen molar-refractivity contribution in [2.75, 3.05) is 0 Å². The van der Waals surface area contributed by atoms with E-state index in [0.717, 1.165) is 5.56 Å². The summed E-state index contributed by atoms with van der Waals surface area (Å²) < 4.78 is 0. The number of aromatic nitrogens is 2. The van der Waals surface area contributed by atoms with Crippen LogP contribution < -0.4 is 5.32 Å². The molecule has 3 N–H and O–H groups in total. The number of nitrogens with zero attached hydrogens (tertiary/aromatic N) is 1. The van der Waals surface area contributed by atoms with E-state index in [4.69, 9.17) is 5.11 Å². The van der Waals surface area contributed by atoms with Gasteiger partial charge in [0.2, 0.25) is 0 Å². The zero-order valence-corrected chi connectivity index (χ0v) is 9.38. The van der Waals surface area contributed by atoms with E-state index in [1.54, 1.807) is 18.5 Å². The zero-order valence-electron chi connectivity index (χ0n) is 9.38. The second-order valence-electron chi connectivity index (χ2n) is 3.68. The van der Waals surface area contributed by atoms with Crippen molar-refractivity contribution in [3.63, 3.8) is 0 Å². The third-order valence-electron chi connectivity index (χ3n) is 2.38. The average Bonchev–Trinajstić information content (AvgIpc) is 2.89. The Labute approximate surface area is 103 Å². The molecule has 1 heterocycles. The number of carbonyl (C=O) groups excluding carboxylic acids is 1. The van der Waals surface area contributed by atoms with Gasteiger partial charge in [0.05, 0.1) is 11.8 Å². The third-order valence-corrected chi connectivity index (χ3v) is 2.38. The van der Waals surface area contributed by atoms with Crippen molar-refractivity contribution in [3.05, 3.63) is 53.3 Å². The van der Waals surface area contributed by atoms with Crippen LogP contribution in [0, 0.1) is 0 Å². The van der Waals surface area contributed by atoms with Gasteiger partial charge in [-0.3, -0.25) is 9.89 Å². The van der Waals surface area contributed by atoms with Crippen LogP contribution in [0.2, 0.25) is 0 Å². The molecule has 0 aliphatic rings. The van der Waals surface area contributed by atoms with Crippen molar-refractivity contribution < 1.29 is 14.7 Å². The summed E-state index contributed by atoms with van der Waals surface area (Å²) in [4.78, 5) is 22.6. The molecule has 0 radical (unpaired) electrons. The summed E-state index contributed by atoms with van der Waals surface area (Å²) in [5.41, 5.74) is 1.25. The van der Waals surface area contributed by atoms with Gasteiger partial charge >= 0.3 is 5.97 Å². The van der Waals surface area contributed by atoms with Crippen LogP contribution >= 0.6 is 0 Å². The molecule has 2 rings (SSSR count). The Bertz CT molecular complexity index is 564. The van der Waals surface area contributed by atoms with Gasteiger partial charge in [0, 0.05) is 23.9 Å². The summed E-state index contributed by atoms with van der Waals surface area (Å²) in [6, 6.07) is 5.88. The molecular formula is C12H11N3O3. The Morgan fingerprint density at radius 3 is 2.78 bits per heavy atom. The number of hydrogen-bond acceptors (Lipinski definition) is 3. The molecule has 0 aliphatic carbocycles. The fourth-order valence-corrected chi connectivity index (χ4v) is 1.45. The number of amides is 1. The number of aromatic carboxylic acids is 1. The lowest BCUT2D eigenvalue weighted by molar-refractivity contribution is 0.0697. The topological polar surface area (TPSA) is 95.1 Å². The number of aromatic amines is 1. The smallest absolute Gasteiger partial charge is 0.335 e. The first-order valence-corrected chi connectivity index (χ1v) is 5.26. The number of H-pyrrole nitrogens is 1. The molecule has 6 heteroatoms. The molecule has 2 aromatic rings. The predicted molar refractivity (Wildman–Crippen MR) is 63.2 cm³/mol. The Morgan fingerprint density at radius 1 is 1.33 bits per heavy atom. The minimum absolute atomic E-state index is 0.0889. The van der Waals surface area contributed by atoms with Gasteiger partial charge in [0.25, 0.3) is 5.91 Å². The molecular weight excluding hydrogens is 234 g/mol. The summed E-state index contributed by atoms with van der Waals surface area (Å²) in [6.07, 6.45) is 3.28. The van der Waals surface area contributed by atoms with Crippen LogP contribution in [0.1, 0.15) is 26.3 Å². The van der Waals surface area contributed by atoms with Crippen molar-refractivity contribution >= 4 is 11.9 Å². The standard InChI is InChI=1S/C12H11N3O3/c16-11(13-5-8-6-14-15-7-8)9-2-1-3-10(4-9)12(17)18/h1-4,6-7H,5H2,(H,13,16)(H,14,15)(H,17,18). The van der Waals surface area contributed by atoms with Crippen molar-refractivity contribution in [1.82, 2.24) is 15.5 Å². The fourth-order valence-electron chi connectivity index (χ4n) is 1.45. The number of nitrogens with one attached hydrogen (secondary N) is 2. The molecule has 18 heavy (non-hydrogen) atoms. The highest BCUT2D eigenvalue weighted by molar-refractivity contribution is 5.97. The molecule has 0 saturated heterocycles. The molecule has 0 bridgehead atoms. The van der Waals surface area contributed by atoms with E-state index in [-0.39, 0.29) is 11.5 Å². The van der Waals surface area contributed by atoms with Crippen LogP contribution in [0.4, 0.5) is 0 Å². The first kappa shape index (κ1) is 11.8. The van der Waals surface area contributed by atoms with Gasteiger partial charge in [0.15, 0.2) is 0 Å². The summed E-state index contributed by atoms with van der Waals surface area (Å²) in [7, 11) is 0. The zero-order chi connectivity index (χ0) is 13.0. The number of benzene rings is 1. The van der Waals surface area contributed by atoms with Gasteiger partial charge in [-0.1, -0.05) is 6.07 Å². The molecule has 1 aromatic heterocycles. The second kappa shape index (κ2) is 5.13. The Balaban J connectivity index is 2.04. The maximum Gasteiger partial charge on any atom is 0.335 e. The lowest BCUT2D eigenvalue weighted by Gasteiger charge is -2.04. The highest BCUT2D eigenvalue weighted by Crippen LogP contribution is 2.05. The average molecular weight is 245 g/mol. The predicted octanol–water partition coefficient (Wildman–Crippen LogP) is 1.04. The lowest BCUT2D eigenvalue weighted by Crippen LogP contribution is -2.22. The quantitative estimate of drug-likeness (QED) is 0.749. The summed E-state index contributed by atoms with van der Waals surface area (Å²) in [5.74, 6) is -1.38. The van der Waals surface area contributed by atoms with Crippen LogP contribution in [0.15, 0.2) is 36.7 Å². The van der Waals surface area contributed by atoms with Crippen LogP contribution in [-0.2, 0) is 6.54 Å². The van der Waals surface area contributed by atoms with Crippen molar-refractivity contribution in [1.29, 1.82) is 0 Å². The largest absolute Gasteiger partial charge is 0.478 e. The molecule has 0 saturated carbocycles. The highest BCUT2D eigenvalue weighted by atomic mass is 16.4. The van der Waals surface area contributed by atoms with E-state index in [1.165, 1.54) is 18.2 Å². The van der Waals surface area contributed by atoms with E-state index in [9.17, 15) is 9.59 Å². The van der Waals surface area contributed by atoms with Crippen molar-refractivity contribution in [3.8, 4) is 0 Å². The van der Waals surface area contributed by atoms with Crippen LogP contribution in [0.25, 0.3) is 0 Å². The van der Waals surface area contributed by atoms with Gasteiger partial charge in [-0.25, -0.2) is 4.79 Å². The van der Waals surface area contributed by atoms with Gasteiger partial charge < -0.3 is 10.4 Å².